The molecule has 0 bridgehead atoms. The molecule has 3 aromatic rings. The van der Waals surface area contributed by atoms with Gasteiger partial charge in [-0.3, -0.25) is 10.2 Å². The van der Waals surface area contributed by atoms with Gasteiger partial charge in [0.15, 0.2) is 6.10 Å². The van der Waals surface area contributed by atoms with Crippen molar-refractivity contribution in [3.05, 3.63) is 70.9 Å². The number of carbonyl (C=O) groups excluding carboxylic acids is 2. The molecule has 33 heavy (non-hydrogen) atoms. The number of aliphatic hydroxyl groups excluding tert-OH is 1. The lowest BCUT2D eigenvalue weighted by molar-refractivity contribution is -0.158. The first-order valence-electron chi connectivity index (χ1n) is 10.2. The summed E-state index contributed by atoms with van der Waals surface area (Å²) in [4.78, 5) is 24.5. The monoisotopic (exact) mass is 473 g/mol. The van der Waals surface area contributed by atoms with Gasteiger partial charge in [-0.05, 0) is 47.8 Å². The number of nitrogens with one attached hydrogen (secondary N) is 1. The number of aliphatic hydroxyl groups is 1. The molecule has 0 radical (unpaired) electrons. The van der Waals surface area contributed by atoms with Crippen LogP contribution >= 0.6 is 11.6 Å². The third kappa shape index (κ3) is 7.04. The Labute approximate surface area is 195 Å². The van der Waals surface area contributed by atoms with Crippen molar-refractivity contribution >= 4 is 23.5 Å². The number of esters is 1. The van der Waals surface area contributed by atoms with Crippen molar-refractivity contribution < 1.29 is 29.1 Å². The highest BCUT2D eigenvalue weighted by Crippen LogP contribution is 2.23. The van der Waals surface area contributed by atoms with Crippen LogP contribution in [0.25, 0.3) is 11.1 Å². The highest BCUT2D eigenvalue weighted by Gasteiger charge is 2.24. The smallest absolute Gasteiger partial charge is 0.336 e. The third-order valence-corrected chi connectivity index (χ3v) is 4.72. The largest absolute Gasteiger partial charge is 0.491 e. The molecule has 9 nitrogen and oxygen atoms in total. The molecule has 0 saturated heterocycles. The second-order valence-electron chi connectivity index (χ2n) is 7.58. The zero-order chi connectivity index (χ0) is 24.0. The topological polar surface area (TPSA) is 125 Å². The molecular weight excluding hydrogens is 450 g/mol. The van der Waals surface area contributed by atoms with Gasteiger partial charge >= 0.3 is 11.9 Å². The minimum absolute atomic E-state index is 0.160. The highest BCUT2D eigenvalue weighted by molar-refractivity contribution is 6.30. The molecule has 2 aromatic carbocycles. The SMILES string of the molecule is CC(C)OC(=O)[C@@H](O)CN(Cc1ccc(-c2cccc(Cl)c2)cc1)NC(=O)c1cc(O)no1. The van der Waals surface area contributed by atoms with E-state index in [0.29, 0.717) is 5.02 Å². The normalized spacial score (nSPS) is 12.1. The molecule has 3 rings (SSSR count). The summed E-state index contributed by atoms with van der Waals surface area (Å²) in [5, 5.41) is 24.8. The van der Waals surface area contributed by atoms with E-state index in [9.17, 15) is 19.8 Å². The van der Waals surface area contributed by atoms with Crippen LogP contribution in [0.4, 0.5) is 0 Å². The van der Waals surface area contributed by atoms with Crippen LogP contribution in [0, 0.1) is 0 Å². The maximum absolute atomic E-state index is 12.5. The molecule has 1 amide bonds. The number of hydrazine groups is 1. The van der Waals surface area contributed by atoms with E-state index in [1.54, 1.807) is 19.9 Å². The van der Waals surface area contributed by atoms with Crippen molar-refractivity contribution in [1.29, 1.82) is 0 Å². The number of rotatable bonds is 9. The fourth-order valence-corrected chi connectivity index (χ4v) is 3.20. The Morgan fingerprint density at radius 2 is 1.88 bits per heavy atom. The number of benzene rings is 2. The zero-order valence-corrected chi connectivity index (χ0v) is 18.8. The van der Waals surface area contributed by atoms with E-state index in [0.717, 1.165) is 22.8 Å². The Hall–Kier alpha value is -3.40. The summed E-state index contributed by atoms with van der Waals surface area (Å²) in [6.45, 7) is 3.26. The molecule has 0 spiro atoms. The predicted molar refractivity (Wildman–Crippen MR) is 120 cm³/mol. The maximum Gasteiger partial charge on any atom is 0.336 e. The van der Waals surface area contributed by atoms with E-state index >= 15 is 0 Å². The first-order chi connectivity index (χ1) is 15.7. The molecule has 0 fully saturated rings. The van der Waals surface area contributed by atoms with Gasteiger partial charge in [-0.1, -0.05) is 48.0 Å². The van der Waals surface area contributed by atoms with Crippen LogP contribution in [0.2, 0.25) is 5.02 Å². The summed E-state index contributed by atoms with van der Waals surface area (Å²) in [6.07, 6.45) is -1.90. The first kappa shape index (κ1) is 24.2. The van der Waals surface area contributed by atoms with Crippen LogP contribution in [0.1, 0.15) is 30.0 Å². The minimum Gasteiger partial charge on any atom is -0.491 e. The minimum atomic E-state index is -1.50. The van der Waals surface area contributed by atoms with Gasteiger partial charge in [0.05, 0.1) is 18.7 Å². The number of aromatic hydroxyl groups is 1. The average molecular weight is 474 g/mol. The summed E-state index contributed by atoms with van der Waals surface area (Å²) in [5.41, 5.74) is 5.26. The summed E-state index contributed by atoms with van der Waals surface area (Å²) >= 11 is 6.06. The van der Waals surface area contributed by atoms with Crippen LogP contribution in [0.5, 0.6) is 5.88 Å². The average Bonchev–Trinajstić information content (AvgIpc) is 3.20. The van der Waals surface area contributed by atoms with Gasteiger partial charge < -0.3 is 19.5 Å². The number of ether oxygens (including phenoxy) is 1. The predicted octanol–water partition coefficient (Wildman–Crippen LogP) is 3.16. The Balaban J connectivity index is 1.74. The molecule has 3 N–H and O–H groups in total. The molecular formula is C23H24ClN3O6. The number of nitrogens with zero attached hydrogens (tertiary/aromatic N) is 2. The van der Waals surface area contributed by atoms with E-state index < -0.39 is 30.0 Å². The molecule has 0 aliphatic rings. The second kappa shape index (κ2) is 11.0. The summed E-state index contributed by atoms with van der Waals surface area (Å²) in [6, 6.07) is 16.0. The van der Waals surface area contributed by atoms with Crippen molar-refractivity contribution in [2.24, 2.45) is 0 Å². The summed E-state index contributed by atoms with van der Waals surface area (Å²) in [7, 11) is 0. The van der Waals surface area contributed by atoms with E-state index in [4.69, 9.17) is 20.9 Å². The van der Waals surface area contributed by atoms with Crippen molar-refractivity contribution in [2.45, 2.75) is 32.6 Å². The van der Waals surface area contributed by atoms with Gasteiger partial charge in [-0.2, -0.15) is 0 Å². The first-order valence-corrected chi connectivity index (χ1v) is 10.5. The van der Waals surface area contributed by atoms with Crippen LogP contribution in [-0.4, -0.2) is 51.0 Å². The standard InChI is InChI=1S/C23H24ClN3O6/c1-14(2)32-23(31)19(28)13-27(25-22(30)20-11-21(29)26-33-20)12-15-6-8-16(9-7-15)17-4-3-5-18(24)10-17/h3-11,14,19,28H,12-13H2,1-2H3,(H,25,30)(H,26,29)/t19-/m0/s1. The Kier molecular flexibility index (Phi) is 8.05. The van der Waals surface area contributed by atoms with Crippen LogP contribution in [0.3, 0.4) is 0 Å². The molecule has 0 saturated carbocycles. The van der Waals surface area contributed by atoms with Crippen molar-refractivity contribution in [3.8, 4) is 17.0 Å². The van der Waals surface area contributed by atoms with E-state index in [1.807, 2.05) is 42.5 Å². The molecule has 10 heteroatoms. The van der Waals surface area contributed by atoms with Crippen molar-refractivity contribution in [2.75, 3.05) is 6.54 Å². The zero-order valence-electron chi connectivity index (χ0n) is 18.1. The van der Waals surface area contributed by atoms with Crippen LogP contribution in [-0.2, 0) is 16.1 Å². The fourth-order valence-electron chi connectivity index (χ4n) is 3.01. The van der Waals surface area contributed by atoms with Crippen molar-refractivity contribution in [3.63, 3.8) is 0 Å². The van der Waals surface area contributed by atoms with Gasteiger partial charge in [-0.15, -0.1) is 0 Å². The quantitative estimate of drug-likeness (QED) is 0.319. The lowest BCUT2D eigenvalue weighted by atomic mass is 10.0. The van der Waals surface area contributed by atoms with E-state index in [2.05, 4.69) is 10.6 Å². The summed E-state index contributed by atoms with van der Waals surface area (Å²) in [5.74, 6) is -2.18. The van der Waals surface area contributed by atoms with Crippen molar-refractivity contribution in [1.82, 2.24) is 15.6 Å². The lowest BCUT2D eigenvalue weighted by Crippen LogP contribution is -2.47. The fraction of sp³-hybridized carbons (Fsp3) is 0.261. The second-order valence-corrected chi connectivity index (χ2v) is 8.02. The Morgan fingerprint density at radius 3 is 2.48 bits per heavy atom. The summed E-state index contributed by atoms with van der Waals surface area (Å²) < 4.78 is 9.78. The molecule has 0 unspecified atom stereocenters. The van der Waals surface area contributed by atoms with Gasteiger partial charge in [0.25, 0.3) is 5.88 Å². The number of hydrogen-bond acceptors (Lipinski definition) is 8. The Bertz CT molecular complexity index is 1100. The maximum atomic E-state index is 12.5. The number of hydrogen-bond donors (Lipinski definition) is 3. The molecule has 174 valence electrons. The van der Waals surface area contributed by atoms with E-state index in [-0.39, 0.29) is 18.8 Å². The molecule has 0 aliphatic carbocycles. The molecule has 0 aliphatic heterocycles. The van der Waals surface area contributed by atoms with Crippen LogP contribution < -0.4 is 5.43 Å². The number of carbonyl (C=O) groups is 2. The number of amides is 1. The molecule has 1 atom stereocenters. The van der Waals surface area contributed by atoms with Gasteiger partial charge in [-0.25, -0.2) is 9.80 Å². The number of halogens is 1. The van der Waals surface area contributed by atoms with E-state index in [1.165, 1.54) is 5.01 Å². The third-order valence-electron chi connectivity index (χ3n) is 4.48. The van der Waals surface area contributed by atoms with Gasteiger partial charge in [0.1, 0.15) is 0 Å². The lowest BCUT2D eigenvalue weighted by Gasteiger charge is -2.25. The Morgan fingerprint density at radius 1 is 1.15 bits per heavy atom. The molecule has 1 heterocycles. The molecule has 1 aromatic heterocycles. The van der Waals surface area contributed by atoms with Gasteiger partial charge in [0, 0.05) is 11.6 Å². The highest BCUT2D eigenvalue weighted by atomic mass is 35.5. The van der Waals surface area contributed by atoms with Gasteiger partial charge in [0.2, 0.25) is 5.76 Å². The van der Waals surface area contributed by atoms with Crippen LogP contribution in [0.15, 0.2) is 59.1 Å². The number of aromatic nitrogens is 1.